The Balaban J connectivity index is 1.78. The summed E-state index contributed by atoms with van der Waals surface area (Å²) < 4.78 is 0. The molecule has 0 aliphatic rings. The van der Waals surface area contributed by atoms with E-state index < -0.39 is 0 Å². The van der Waals surface area contributed by atoms with Crippen LogP contribution < -0.4 is 15.5 Å². The van der Waals surface area contributed by atoms with Gasteiger partial charge in [0.25, 0.3) is 0 Å². The van der Waals surface area contributed by atoms with Crippen LogP contribution in [0, 0.1) is 6.92 Å². The molecule has 1 heterocycles. The van der Waals surface area contributed by atoms with Gasteiger partial charge in [-0.2, -0.15) is 0 Å². The van der Waals surface area contributed by atoms with Crippen molar-refractivity contribution in [1.82, 2.24) is 15.6 Å². The van der Waals surface area contributed by atoms with E-state index in [1.165, 1.54) is 4.88 Å². The molecule has 5 nitrogen and oxygen atoms in total. The molecule has 1 atom stereocenters. The van der Waals surface area contributed by atoms with Gasteiger partial charge in [-0.3, -0.25) is 0 Å². The average molecular weight is 332 g/mol. The normalized spacial score (nSPS) is 11.8. The smallest absolute Gasteiger partial charge is 0.315 e. The highest BCUT2D eigenvalue weighted by atomic mass is 32.1. The van der Waals surface area contributed by atoms with Crippen LogP contribution in [-0.2, 0) is 6.54 Å². The SMILES string of the molecule is Cc1cnc(C(C)CNC(=O)NCc2cccc(N(C)C)c2)s1. The molecule has 0 radical (unpaired) electrons. The van der Waals surface area contributed by atoms with Crippen molar-refractivity contribution in [1.29, 1.82) is 0 Å². The number of hydrogen-bond acceptors (Lipinski definition) is 4. The quantitative estimate of drug-likeness (QED) is 0.854. The van der Waals surface area contributed by atoms with E-state index in [1.807, 2.05) is 50.3 Å². The molecule has 6 heteroatoms. The molecule has 0 fully saturated rings. The maximum Gasteiger partial charge on any atom is 0.315 e. The molecule has 0 bridgehead atoms. The molecule has 124 valence electrons. The van der Waals surface area contributed by atoms with Gasteiger partial charge in [0.15, 0.2) is 0 Å². The molecule has 23 heavy (non-hydrogen) atoms. The maximum atomic E-state index is 11.9. The second-order valence-corrected chi connectivity index (χ2v) is 7.10. The van der Waals surface area contributed by atoms with Crippen molar-refractivity contribution in [2.45, 2.75) is 26.3 Å². The number of thiazole rings is 1. The number of aryl methyl sites for hydroxylation is 1. The lowest BCUT2D eigenvalue weighted by molar-refractivity contribution is 0.240. The van der Waals surface area contributed by atoms with Crippen LogP contribution in [0.4, 0.5) is 10.5 Å². The van der Waals surface area contributed by atoms with Crippen molar-refractivity contribution < 1.29 is 4.79 Å². The zero-order valence-corrected chi connectivity index (χ0v) is 14.9. The van der Waals surface area contributed by atoms with E-state index in [0.717, 1.165) is 16.3 Å². The number of benzene rings is 1. The third kappa shape index (κ3) is 5.25. The molecule has 0 saturated carbocycles. The summed E-state index contributed by atoms with van der Waals surface area (Å²) in [6.07, 6.45) is 1.87. The molecule has 1 aromatic carbocycles. The van der Waals surface area contributed by atoms with Crippen molar-refractivity contribution in [2.24, 2.45) is 0 Å². The number of carbonyl (C=O) groups is 1. The first-order chi connectivity index (χ1) is 11.0. The number of anilines is 1. The molecule has 2 rings (SSSR count). The van der Waals surface area contributed by atoms with Crippen LogP contribution in [0.1, 0.15) is 28.3 Å². The van der Waals surface area contributed by atoms with E-state index in [-0.39, 0.29) is 11.9 Å². The molecule has 2 aromatic rings. The Bertz CT molecular complexity index is 654. The predicted octanol–water partition coefficient (Wildman–Crippen LogP) is 3.12. The minimum Gasteiger partial charge on any atom is -0.378 e. The Kier molecular flexibility index (Phi) is 5.98. The first kappa shape index (κ1) is 17.3. The number of urea groups is 1. The fraction of sp³-hybridized carbons (Fsp3) is 0.412. The van der Waals surface area contributed by atoms with Crippen molar-refractivity contribution in [3.05, 3.63) is 45.9 Å². The van der Waals surface area contributed by atoms with Gasteiger partial charge in [0, 0.05) is 49.9 Å². The fourth-order valence-electron chi connectivity index (χ4n) is 2.12. The molecule has 2 N–H and O–H groups in total. The topological polar surface area (TPSA) is 57.3 Å². The van der Waals surface area contributed by atoms with Crippen LogP contribution in [0.15, 0.2) is 30.5 Å². The first-order valence-electron chi connectivity index (χ1n) is 7.66. The number of carbonyl (C=O) groups excluding carboxylic acids is 1. The standard InChI is InChI=1S/C17H24N4OS/c1-12(16-18-10-13(2)23-16)9-19-17(22)20-11-14-6-5-7-15(8-14)21(3)4/h5-8,10,12H,9,11H2,1-4H3,(H2,19,20,22). The molecular weight excluding hydrogens is 308 g/mol. The lowest BCUT2D eigenvalue weighted by atomic mass is 10.2. The van der Waals surface area contributed by atoms with E-state index >= 15 is 0 Å². The minimum absolute atomic E-state index is 0.152. The molecule has 1 aromatic heterocycles. The van der Waals surface area contributed by atoms with Crippen molar-refractivity contribution >= 4 is 23.1 Å². The average Bonchev–Trinajstić information content (AvgIpc) is 2.97. The van der Waals surface area contributed by atoms with Crippen molar-refractivity contribution in [3.63, 3.8) is 0 Å². The molecule has 1 unspecified atom stereocenters. The van der Waals surface area contributed by atoms with Crippen molar-refractivity contribution in [2.75, 3.05) is 25.5 Å². The summed E-state index contributed by atoms with van der Waals surface area (Å²) in [5.41, 5.74) is 2.20. The lowest BCUT2D eigenvalue weighted by Gasteiger charge is -2.14. The Morgan fingerprint density at radius 3 is 2.78 bits per heavy atom. The summed E-state index contributed by atoms with van der Waals surface area (Å²) in [6.45, 7) is 5.20. The zero-order valence-electron chi connectivity index (χ0n) is 14.1. The Labute approximate surface area is 141 Å². The fourth-order valence-corrected chi connectivity index (χ4v) is 2.95. The number of hydrogen-bond donors (Lipinski definition) is 2. The molecule has 0 aliphatic heterocycles. The van der Waals surface area contributed by atoms with Gasteiger partial charge in [0.2, 0.25) is 0 Å². The Morgan fingerprint density at radius 1 is 1.35 bits per heavy atom. The van der Waals surface area contributed by atoms with E-state index in [2.05, 4.69) is 28.6 Å². The van der Waals surface area contributed by atoms with E-state index in [1.54, 1.807) is 11.3 Å². The molecule has 0 saturated heterocycles. The molecule has 0 aliphatic carbocycles. The summed E-state index contributed by atoms with van der Waals surface area (Å²) >= 11 is 1.67. The van der Waals surface area contributed by atoms with Gasteiger partial charge < -0.3 is 15.5 Å². The van der Waals surface area contributed by atoms with Crippen LogP contribution in [0.25, 0.3) is 0 Å². The highest BCUT2D eigenvalue weighted by molar-refractivity contribution is 7.11. The Hall–Kier alpha value is -2.08. The second kappa shape index (κ2) is 7.97. The molecule has 0 spiro atoms. The Morgan fingerprint density at radius 2 is 2.13 bits per heavy atom. The van der Waals surface area contributed by atoms with Gasteiger partial charge in [0.05, 0.1) is 5.01 Å². The van der Waals surface area contributed by atoms with Crippen LogP contribution >= 0.6 is 11.3 Å². The molecule has 2 amide bonds. The number of amides is 2. The van der Waals surface area contributed by atoms with Crippen molar-refractivity contribution in [3.8, 4) is 0 Å². The summed E-state index contributed by atoms with van der Waals surface area (Å²) in [5.74, 6) is 0.219. The minimum atomic E-state index is -0.152. The van der Waals surface area contributed by atoms with Gasteiger partial charge in [-0.1, -0.05) is 19.1 Å². The number of rotatable bonds is 6. The van der Waals surface area contributed by atoms with Gasteiger partial charge >= 0.3 is 6.03 Å². The third-order valence-electron chi connectivity index (χ3n) is 3.51. The van der Waals surface area contributed by atoms with Crippen LogP contribution in [0.3, 0.4) is 0 Å². The highest BCUT2D eigenvalue weighted by Gasteiger charge is 2.11. The number of nitrogens with zero attached hydrogens (tertiary/aromatic N) is 2. The van der Waals surface area contributed by atoms with Gasteiger partial charge in [0.1, 0.15) is 0 Å². The van der Waals surface area contributed by atoms with Gasteiger partial charge in [-0.15, -0.1) is 11.3 Å². The van der Waals surface area contributed by atoms with E-state index in [0.29, 0.717) is 13.1 Å². The van der Waals surface area contributed by atoms with Gasteiger partial charge in [-0.25, -0.2) is 9.78 Å². The summed E-state index contributed by atoms with van der Waals surface area (Å²) in [6, 6.07) is 7.97. The monoisotopic (exact) mass is 332 g/mol. The maximum absolute atomic E-state index is 11.9. The summed E-state index contributed by atoms with van der Waals surface area (Å²) in [4.78, 5) is 19.5. The van der Waals surface area contributed by atoms with Gasteiger partial charge in [-0.05, 0) is 24.6 Å². The van der Waals surface area contributed by atoms with E-state index in [4.69, 9.17) is 0 Å². The van der Waals surface area contributed by atoms with E-state index in [9.17, 15) is 4.79 Å². The summed E-state index contributed by atoms with van der Waals surface area (Å²) in [7, 11) is 4.00. The molecular formula is C17H24N4OS. The van der Waals surface area contributed by atoms with Crippen LogP contribution in [0.2, 0.25) is 0 Å². The summed E-state index contributed by atoms with van der Waals surface area (Å²) in [5, 5.41) is 6.85. The highest BCUT2D eigenvalue weighted by Crippen LogP contribution is 2.20. The first-order valence-corrected chi connectivity index (χ1v) is 8.47. The largest absolute Gasteiger partial charge is 0.378 e. The number of aromatic nitrogens is 1. The number of nitrogens with one attached hydrogen (secondary N) is 2. The lowest BCUT2D eigenvalue weighted by Crippen LogP contribution is -2.37. The second-order valence-electron chi connectivity index (χ2n) is 5.84. The third-order valence-corrected chi connectivity index (χ3v) is 4.65. The van der Waals surface area contributed by atoms with Crippen LogP contribution in [0.5, 0.6) is 0 Å². The zero-order chi connectivity index (χ0) is 16.8. The predicted molar refractivity (Wildman–Crippen MR) is 96.3 cm³/mol. The van der Waals surface area contributed by atoms with Crippen LogP contribution in [-0.4, -0.2) is 31.7 Å².